The van der Waals surface area contributed by atoms with Gasteiger partial charge in [-0.1, -0.05) is 43.7 Å². The van der Waals surface area contributed by atoms with E-state index in [4.69, 9.17) is 4.98 Å². The van der Waals surface area contributed by atoms with Crippen molar-refractivity contribution in [3.05, 3.63) is 65.0 Å². The Labute approximate surface area is 158 Å². The largest absolute Gasteiger partial charge is 0.302 e. The normalized spacial score (nSPS) is 21.5. The Kier molecular flexibility index (Phi) is 5.66. The number of unbranched alkanes of at least 4 members (excludes halogenated alkanes) is 1. The minimum absolute atomic E-state index is 0.316. The van der Waals surface area contributed by atoms with Crippen LogP contribution in [0.15, 0.2) is 42.6 Å². The Balaban J connectivity index is 1.64. The Morgan fingerprint density at radius 2 is 1.81 bits per heavy atom. The van der Waals surface area contributed by atoms with Gasteiger partial charge in [-0.3, -0.25) is 9.88 Å². The predicted molar refractivity (Wildman–Crippen MR) is 107 cm³/mol. The van der Waals surface area contributed by atoms with Gasteiger partial charge in [-0.05, 0) is 61.5 Å². The van der Waals surface area contributed by atoms with Crippen LogP contribution in [0.4, 0.5) is 0 Å². The Hall–Kier alpha value is -1.71. The lowest BCUT2D eigenvalue weighted by atomic mass is 9.96. The molecule has 1 aliphatic carbocycles. The first-order valence-corrected chi connectivity index (χ1v) is 10.3. The molecule has 1 atom stereocenters. The number of aryl methyl sites for hydroxylation is 2. The molecule has 0 amide bonds. The highest BCUT2D eigenvalue weighted by Gasteiger charge is 2.30. The summed E-state index contributed by atoms with van der Waals surface area (Å²) in [7, 11) is 0. The van der Waals surface area contributed by atoms with Gasteiger partial charge in [0.15, 0.2) is 0 Å². The minimum atomic E-state index is 0.316. The molecule has 0 spiro atoms. The second kappa shape index (κ2) is 8.32. The highest BCUT2D eigenvalue weighted by Crippen LogP contribution is 2.35. The zero-order chi connectivity index (χ0) is 17.8. The average Bonchev–Trinajstić information content (AvgIpc) is 3.01. The molecule has 1 aromatic carbocycles. The van der Waals surface area contributed by atoms with Crippen molar-refractivity contribution in [2.45, 2.75) is 45.1 Å². The smallest absolute Gasteiger partial charge is 0.0782 e. The average molecular weight is 350 g/mol. The fourth-order valence-corrected chi connectivity index (χ4v) is 4.58. The van der Waals surface area contributed by atoms with E-state index in [1.165, 1.54) is 61.3 Å². The summed E-state index contributed by atoms with van der Waals surface area (Å²) in [5.41, 5.74) is 5.70. The van der Waals surface area contributed by atoms with E-state index in [0.717, 1.165) is 25.9 Å². The van der Waals surface area contributed by atoms with Crippen molar-refractivity contribution in [1.82, 2.24) is 14.8 Å². The standard InChI is InChI=1S/C23H31N3/c1-2-3-14-25-15-7-16-26(18-17-25)23-21-10-5-4-8-19(21)11-12-20-9-6-13-24-22(20)23/h4-6,8-10,13,23H,2-3,7,11-12,14-18H2,1H3. The summed E-state index contributed by atoms with van der Waals surface area (Å²) < 4.78 is 0. The lowest BCUT2D eigenvalue weighted by Gasteiger charge is -2.32. The molecular formula is C23H31N3. The second-order valence-electron chi connectivity index (χ2n) is 7.73. The number of fused-ring (bicyclic) bond motifs is 2. The van der Waals surface area contributed by atoms with Crippen molar-refractivity contribution in [2.24, 2.45) is 0 Å². The molecule has 1 aromatic heterocycles. The predicted octanol–water partition coefficient (Wildman–Crippen LogP) is 4.08. The molecule has 1 aliphatic heterocycles. The molecule has 0 bridgehead atoms. The molecule has 0 radical (unpaired) electrons. The summed E-state index contributed by atoms with van der Waals surface area (Å²) in [5, 5.41) is 0. The number of aromatic nitrogens is 1. The van der Waals surface area contributed by atoms with Gasteiger partial charge < -0.3 is 4.90 Å². The van der Waals surface area contributed by atoms with Crippen LogP contribution >= 0.6 is 0 Å². The van der Waals surface area contributed by atoms with E-state index in [2.05, 4.69) is 53.1 Å². The van der Waals surface area contributed by atoms with Crippen molar-refractivity contribution in [2.75, 3.05) is 32.7 Å². The van der Waals surface area contributed by atoms with Gasteiger partial charge in [-0.2, -0.15) is 0 Å². The molecule has 0 saturated carbocycles. The van der Waals surface area contributed by atoms with Gasteiger partial charge in [0.1, 0.15) is 0 Å². The quantitative estimate of drug-likeness (QED) is 0.829. The van der Waals surface area contributed by atoms with Crippen molar-refractivity contribution in [1.29, 1.82) is 0 Å². The molecule has 0 N–H and O–H groups in total. The van der Waals surface area contributed by atoms with Gasteiger partial charge >= 0.3 is 0 Å². The van der Waals surface area contributed by atoms with Crippen LogP contribution in [0.5, 0.6) is 0 Å². The molecule has 138 valence electrons. The van der Waals surface area contributed by atoms with Crippen molar-refractivity contribution in [3.63, 3.8) is 0 Å². The van der Waals surface area contributed by atoms with E-state index in [0.29, 0.717) is 6.04 Å². The third kappa shape index (κ3) is 3.70. The van der Waals surface area contributed by atoms with Gasteiger partial charge in [0, 0.05) is 25.8 Å². The SMILES string of the molecule is CCCCN1CCCN(C2c3ccccc3CCc3cccnc32)CC1. The lowest BCUT2D eigenvalue weighted by molar-refractivity contribution is 0.219. The summed E-state index contributed by atoms with van der Waals surface area (Å²) in [4.78, 5) is 10.2. The van der Waals surface area contributed by atoms with Crippen LogP contribution in [0.2, 0.25) is 0 Å². The topological polar surface area (TPSA) is 19.4 Å². The monoisotopic (exact) mass is 349 g/mol. The Morgan fingerprint density at radius 3 is 2.73 bits per heavy atom. The molecule has 4 rings (SSSR count). The molecule has 26 heavy (non-hydrogen) atoms. The van der Waals surface area contributed by atoms with E-state index in [1.54, 1.807) is 0 Å². The molecule has 1 unspecified atom stereocenters. The summed E-state index contributed by atoms with van der Waals surface area (Å²) in [6.45, 7) is 8.26. The van der Waals surface area contributed by atoms with Crippen LogP contribution in [-0.4, -0.2) is 47.5 Å². The first-order valence-electron chi connectivity index (χ1n) is 10.3. The summed E-state index contributed by atoms with van der Waals surface area (Å²) in [5.74, 6) is 0. The number of nitrogens with zero attached hydrogens (tertiary/aromatic N) is 3. The van der Waals surface area contributed by atoms with Crippen LogP contribution < -0.4 is 0 Å². The maximum atomic E-state index is 4.88. The first-order chi connectivity index (χ1) is 12.9. The van der Waals surface area contributed by atoms with Gasteiger partial charge in [0.2, 0.25) is 0 Å². The van der Waals surface area contributed by atoms with Crippen LogP contribution in [-0.2, 0) is 12.8 Å². The van der Waals surface area contributed by atoms with Crippen LogP contribution in [0.1, 0.15) is 54.6 Å². The molecule has 2 heterocycles. The van der Waals surface area contributed by atoms with Crippen LogP contribution in [0.25, 0.3) is 0 Å². The number of pyridine rings is 1. The maximum Gasteiger partial charge on any atom is 0.0782 e. The van der Waals surface area contributed by atoms with E-state index in [9.17, 15) is 0 Å². The van der Waals surface area contributed by atoms with Gasteiger partial charge in [-0.25, -0.2) is 0 Å². The summed E-state index contributed by atoms with van der Waals surface area (Å²) in [6.07, 6.45) is 8.06. The Morgan fingerprint density at radius 1 is 0.962 bits per heavy atom. The van der Waals surface area contributed by atoms with Crippen LogP contribution in [0, 0.1) is 0 Å². The summed E-state index contributed by atoms with van der Waals surface area (Å²) in [6, 6.07) is 13.7. The fourth-order valence-electron chi connectivity index (χ4n) is 4.58. The zero-order valence-corrected chi connectivity index (χ0v) is 16.0. The lowest BCUT2D eigenvalue weighted by Crippen LogP contribution is -2.35. The number of hydrogen-bond donors (Lipinski definition) is 0. The van der Waals surface area contributed by atoms with E-state index in [-0.39, 0.29) is 0 Å². The van der Waals surface area contributed by atoms with Crippen molar-refractivity contribution in [3.8, 4) is 0 Å². The zero-order valence-electron chi connectivity index (χ0n) is 16.0. The van der Waals surface area contributed by atoms with Gasteiger partial charge in [-0.15, -0.1) is 0 Å². The molecule has 3 heteroatoms. The van der Waals surface area contributed by atoms with Crippen molar-refractivity contribution >= 4 is 0 Å². The van der Waals surface area contributed by atoms with E-state index < -0.39 is 0 Å². The maximum absolute atomic E-state index is 4.88. The van der Waals surface area contributed by atoms with E-state index in [1.807, 2.05) is 6.20 Å². The number of benzene rings is 1. The third-order valence-corrected chi connectivity index (χ3v) is 6.01. The summed E-state index contributed by atoms with van der Waals surface area (Å²) >= 11 is 0. The molecule has 2 aliphatic rings. The third-order valence-electron chi connectivity index (χ3n) is 6.01. The van der Waals surface area contributed by atoms with Crippen LogP contribution in [0.3, 0.4) is 0 Å². The number of rotatable bonds is 4. The Bertz CT molecular complexity index is 679. The molecule has 1 saturated heterocycles. The molecule has 3 nitrogen and oxygen atoms in total. The minimum Gasteiger partial charge on any atom is -0.302 e. The van der Waals surface area contributed by atoms with Gasteiger partial charge in [0.25, 0.3) is 0 Å². The second-order valence-corrected chi connectivity index (χ2v) is 7.73. The van der Waals surface area contributed by atoms with Gasteiger partial charge in [0.05, 0.1) is 11.7 Å². The fraction of sp³-hybridized carbons (Fsp3) is 0.522. The first kappa shape index (κ1) is 17.7. The molecule has 1 fully saturated rings. The molecule has 2 aromatic rings. The molecular weight excluding hydrogens is 318 g/mol. The van der Waals surface area contributed by atoms with Crippen molar-refractivity contribution < 1.29 is 0 Å². The van der Waals surface area contributed by atoms with E-state index >= 15 is 0 Å². The highest BCUT2D eigenvalue weighted by molar-refractivity contribution is 5.41. The highest BCUT2D eigenvalue weighted by atomic mass is 15.2. The number of hydrogen-bond acceptors (Lipinski definition) is 3.